The van der Waals surface area contributed by atoms with E-state index in [9.17, 15) is 14.0 Å². The van der Waals surface area contributed by atoms with Crippen molar-refractivity contribution in [2.75, 3.05) is 18.5 Å². The monoisotopic (exact) mass is 331 g/mol. The molecule has 124 valence electrons. The van der Waals surface area contributed by atoms with E-state index in [0.29, 0.717) is 11.5 Å². The molecule has 2 aromatic rings. The van der Waals surface area contributed by atoms with Crippen LogP contribution < -0.4 is 14.8 Å². The number of hydrogen-bond donors (Lipinski definition) is 1. The molecule has 0 unspecified atom stereocenters. The fraction of sp³-hybridized carbons (Fsp3) is 0.176. The highest BCUT2D eigenvalue weighted by Gasteiger charge is 2.29. The summed E-state index contributed by atoms with van der Waals surface area (Å²) in [5.41, 5.74) is 0.0183. The molecular formula is C17H14FNO5. The minimum absolute atomic E-state index is 0.00915. The van der Waals surface area contributed by atoms with Crippen LogP contribution in [0.1, 0.15) is 0 Å². The molecule has 0 aromatic heterocycles. The number of esters is 1. The lowest BCUT2D eigenvalue weighted by molar-refractivity contribution is -0.156. The molecule has 0 bridgehead atoms. The molecule has 0 saturated heterocycles. The second kappa shape index (κ2) is 6.99. The average molecular weight is 331 g/mol. The van der Waals surface area contributed by atoms with Crippen molar-refractivity contribution in [2.24, 2.45) is 0 Å². The van der Waals surface area contributed by atoms with Gasteiger partial charge in [-0.3, -0.25) is 4.79 Å². The topological polar surface area (TPSA) is 73.9 Å². The molecule has 7 heteroatoms. The van der Waals surface area contributed by atoms with Gasteiger partial charge in [-0.25, -0.2) is 9.18 Å². The minimum atomic E-state index is -0.957. The van der Waals surface area contributed by atoms with E-state index in [2.05, 4.69) is 5.32 Å². The van der Waals surface area contributed by atoms with Crippen molar-refractivity contribution < 1.29 is 28.2 Å². The first kappa shape index (κ1) is 15.8. The molecule has 0 saturated carbocycles. The van der Waals surface area contributed by atoms with Crippen LogP contribution in [0.3, 0.4) is 0 Å². The number of rotatable bonds is 4. The Morgan fingerprint density at radius 2 is 1.83 bits per heavy atom. The Bertz CT molecular complexity index is 764. The zero-order chi connectivity index (χ0) is 16.9. The van der Waals surface area contributed by atoms with E-state index < -0.39 is 30.4 Å². The Labute approximate surface area is 137 Å². The summed E-state index contributed by atoms with van der Waals surface area (Å²) in [7, 11) is 0. The summed E-state index contributed by atoms with van der Waals surface area (Å²) in [5, 5.41) is 2.32. The fourth-order valence-electron chi connectivity index (χ4n) is 2.11. The number of halogens is 1. The maximum absolute atomic E-state index is 13.4. The van der Waals surface area contributed by atoms with Crippen LogP contribution in [-0.2, 0) is 14.3 Å². The number of carbonyl (C=O) groups is 2. The molecule has 3 rings (SSSR count). The van der Waals surface area contributed by atoms with Crippen LogP contribution in [0.4, 0.5) is 10.1 Å². The lowest BCUT2D eigenvalue weighted by Crippen LogP contribution is -2.39. The maximum atomic E-state index is 13.4. The zero-order valence-corrected chi connectivity index (χ0v) is 12.5. The smallest absolute Gasteiger partial charge is 0.351 e. The van der Waals surface area contributed by atoms with Gasteiger partial charge in [-0.15, -0.1) is 0 Å². The van der Waals surface area contributed by atoms with Crippen molar-refractivity contribution in [1.82, 2.24) is 0 Å². The highest BCUT2D eigenvalue weighted by atomic mass is 19.1. The molecule has 0 aliphatic carbocycles. The molecule has 1 atom stereocenters. The number of ether oxygens (including phenoxy) is 3. The Kier molecular flexibility index (Phi) is 4.60. The molecule has 1 aliphatic heterocycles. The second-order valence-corrected chi connectivity index (χ2v) is 5.00. The van der Waals surface area contributed by atoms with Gasteiger partial charge in [0, 0.05) is 0 Å². The first-order valence-electron chi connectivity index (χ1n) is 7.23. The van der Waals surface area contributed by atoms with Gasteiger partial charge in [0.15, 0.2) is 18.1 Å². The fourth-order valence-corrected chi connectivity index (χ4v) is 2.11. The van der Waals surface area contributed by atoms with E-state index in [1.807, 2.05) is 0 Å². The van der Waals surface area contributed by atoms with Crippen LogP contribution >= 0.6 is 0 Å². The lowest BCUT2D eigenvalue weighted by Gasteiger charge is -2.24. The number of hydrogen-bond acceptors (Lipinski definition) is 5. The van der Waals surface area contributed by atoms with E-state index in [1.165, 1.54) is 18.2 Å². The third-order valence-corrected chi connectivity index (χ3v) is 3.26. The van der Waals surface area contributed by atoms with Gasteiger partial charge in [0.2, 0.25) is 6.10 Å². The SMILES string of the molecule is O=C(COC(=O)[C@@H]1COc2ccccc2O1)Nc1ccccc1F. The summed E-state index contributed by atoms with van der Waals surface area (Å²) in [4.78, 5) is 23.7. The number of anilines is 1. The summed E-state index contributed by atoms with van der Waals surface area (Å²) in [6.45, 7) is -0.556. The molecule has 0 radical (unpaired) electrons. The summed E-state index contributed by atoms with van der Waals surface area (Å²) < 4.78 is 29.2. The van der Waals surface area contributed by atoms with Gasteiger partial charge in [-0.1, -0.05) is 24.3 Å². The van der Waals surface area contributed by atoms with Crippen molar-refractivity contribution in [2.45, 2.75) is 6.10 Å². The first-order chi connectivity index (χ1) is 11.6. The molecule has 1 aliphatic rings. The van der Waals surface area contributed by atoms with Gasteiger partial charge in [0.05, 0.1) is 5.69 Å². The summed E-state index contributed by atoms with van der Waals surface area (Å²) in [5.74, 6) is -0.975. The maximum Gasteiger partial charge on any atom is 0.351 e. The normalized spacial score (nSPS) is 15.5. The number of para-hydroxylation sites is 3. The highest BCUT2D eigenvalue weighted by molar-refractivity contribution is 5.93. The van der Waals surface area contributed by atoms with Gasteiger partial charge in [-0.2, -0.15) is 0 Å². The van der Waals surface area contributed by atoms with E-state index >= 15 is 0 Å². The average Bonchev–Trinajstić information content (AvgIpc) is 2.61. The second-order valence-electron chi connectivity index (χ2n) is 5.00. The molecule has 0 spiro atoms. The van der Waals surface area contributed by atoms with E-state index in [0.717, 1.165) is 0 Å². The predicted octanol–water partition coefficient (Wildman–Crippen LogP) is 2.15. The standard InChI is InChI=1S/C17H14FNO5/c18-11-5-1-2-6-12(11)19-16(20)10-23-17(21)15-9-22-13-7-3-4-8-14(13)24-15/h1-8,15H,9-10H2,(H,19,20)/t15-/m0/s1. The van der Waals surface area contributed by atoms with Crippen molar-refractivity contribution in [3.63, 3.8) is 0 Å². The molecule has 1 N–H and O–H groups in total. The summed E-state index contributed by atoms with van der Waals surface area (Å²) >= 11 is 0. The predicted molar refractivity (Wildman–Crippen MR) is 82.3 cm³/mol. The lowest BCUT2D eigenvalue weighted by atomic mass is 10.2. The van der Waals surface area contributed by atoms with Gasteiger partial charge in [-0.05, 0) is 24.3 Å². The Morgan fingerprint density at radius 1 is 1.12 bits per heavy atom. The molecule has 1 amide bonds. The van der Waals surface area contributed by atoms with Crippen molar-refractivity contribution in [3.8, 4) is 11.5 Å². The van der Waals surface area contributed by atoms with Crippen LogP contribution in [0.5, 0.6) is 11.5 Å². The third kappa shape index (κ3) is 3.62. The highest BCUT2D eigenvalue weighted by Crippen LogP contribution is 2.31. The van der Waals surface area contributed by atoms with Gasteiger partial charge in [0.1, 0.15) is 12.4 Å². The molecule has 0 fully saturated rings. The number of nitrogens with one attached hydrogen (secondary N) is 1. The van der Waals surface area contributed by atoms with Gasteiger partial charge in [0.25, 0.3) is 5.91 Å². The summed E-state index contributed by atoms with van der Waals surface area (Å²) in [6, 6.07) is 12.6. The van der Waals surface area contributed by atoms with Crippen molar-refractivity contribution in [3.05, 3.63) is 54.3 Å². The molecule has 6 nitrogen and oxygen atoms in total. The Balaban J connectivity index is 1.51. The first-order valence-corrected chi connectivity index (χ1v) is 7.23. The van der Waals surface area contributed by atoms with Crippen molar-refractivity contribution in [1.29, 1.82) is 0 Å². The Morgan fingerprint density at radius 3 is 2.62 bits per heavy atom. The largest absolute Gasteiger partial charge is 0.485 e. The summed E-state index contributed by atoms with van der Waals surface area (Å²) in [6.07, 6.45) is -0.957. The van der Waals surface area contributed by atoms with E-state index in [1.54, 1.807) is 30.3 Å². The van der Waals surface area contributed by atoms with Crippen LogP contribution in [0.15, 0.2) is 48.5 Å². The van der Waals surface area contributed by atoms with Crippen LogP contribution in [-0.4, -0.2) is 31.2 Å². The molecule has 2 aromatic carbocycles. The molecule has 24 heavy (non-hydrogen) atoms. The van der Waals surface area contributed by atoms with E-state index in [4.69, 9.17) is 14.2 Å². The zero-order valence-electron chi connectivity index (χ0n) is 12.5. The number of benzene rings is 2. The minimum Gasteiger partial charge on any atom is -0.485 e. The molecular weight excluding hydrogens is 317 g/mol. The quantitative estimate of drug-likeness (QED) is 0.869. The van der Waals surface area contributed by atoms with Crippen LogP contribution in [0.2, 0.25) is 0 Å². The third-order valence-electron chi connectivity index (χ3n) is 3.26. The Hall–Kier alpha value is -3.09. The number of amides is 1. The molecule has 1 heterocycles. The van der Waals surface area contributed by atoms with Crippen molar-refractivity contribution >= 4 is 17.6 Å². The van der Waals surface area contributed by atoms with Gasteiger partial charge >= 0.3 is 5.97 Å². The van der Waals surface area contributed by atoms with Crippen LogP contribution in [0, 0.1) is 5.82 Å². The number of carbonyl (C=O) groups excluding carboxylic acids is 2. The number of fused-ring (bicyclic) bond motifs is 1. The van der Waals surface area contributed by atoms with E-state index in [-0.39, 0.29) is 12.3 Å². The van der Waals surface area contributed by atoms with Crippen LogP contribution in [0.25, 0.3) is 0 Å². The van der Waals surface area contributed by atoms with Gasteiger partial charge < -0.3 is 19.5 Å².